The summed E-state index contributed by atoms with van der Waals surface area (Å²) >= 11 is 0. The molecule has 0 bridgehead atoms. The van der Waals surface area contributed by atoms with Crippen molar-refractivity contribution in [3.8, 4) is 5.75 Å². The Morgan fingerprint density at radius 2 is 2.00 bits per heavy atom. The van der Waals surface area contributed by atoms with Crippen LogP contribution in [-0.4, -0.2) is 58.6 Å². The van der Waals surface area contributed by atoms with Crippen LogP contribution >= 0.6 is 7.82 Å². The van der Waals surface area contributed by atoms with Crippen LogP contribution in [0.3, 0.4) is 0 Å². The Morgan fingerprint density at radius 3 is 2.69 bits per heavy atom. The molecule has 1 amide bonds. The fourth-order valence-corrected chi connectivity index (χ4v) is 4.65. The minimum absolute atomic E-state index is 0.0545. The van der Waals surface area contributed by atoms with E-state index in [1.807, 2.05) is 0 Å². The summed E-state index contributed by atoms with van der Waals surface area (Å²) in [7, 11) is -4.60. The highest BCUT2D eigenvalue weighted by Crippen LogP contribution is 2.57. The maximum atomic E-state index is 14.9. The SMILES string of the molecule is O=C1C=CN([C@@H]2O[C@@](COP3(=O)OCc4ccccc4O3)(C(F)F)C(F)(F)[C@H]2O)C(=O)C1. The quantitative estimate of drug-likeness (QED) is 0.388. The summed E-state index contributed by atoms with van der Waals surface area (Å²) in [4.78, 5) is 23.7. The number of ketones is 1. The fraction of sp³-hybridized carbons (Fsp3) is 0.444. The first-order valence-electron chi connectivity index (χ1n) is 9.20. The molecule has 1 aromatic carbocycles. The number of halogens is 4. The highest BCUT2D eigenvalue weighted by Gasteiger charge is 2.74. The lowest BCUT2D eigenvalue weighted by Gasteiger charge is -2.34. The van der Waals surface area contributed by atoms with Crippen LogP contribution in [-0.2, 0) is 34.5 Å². The first-order valence-corrected chi connectivity index (χ1v) is 10.7. The van der Waals surface area contributed by atoms with Crippen LogP contribution < -0.4 is 4.52 Å². The van der Waals surface area contributed by atoms with Crippen molar-refractivity contribution in [2.45, 2.75) is 43.3 Å². The molecule has 32 heavy (non-hydrogen) atoms. The number of phosphoric ester groups is 1. The Labute approximate surface area is 178 Å². The van der Waals surface area contributed by atoms with Crippen molar-refractivity contribution in [1.29, 1.82) is 0 Å². The summed E-state index contributed by atoms with van der Waals surface area (Å²) in [5.41, 5.74) is -3.33. The third-order valence-corrected chi connectivity index (χ3v) is 6.51. The number of alkyl halides is 4. The van der Waals surface area contributed by atoms with Crippen LogP contribution in [0.15, 0.2) is 36.5 Å². The van der Waals surface area contributed by atoms with Crippen LogP contribution in [0.25, 0.3) is 0 Å². The molecule has 0 aliphatic carbocycles. The molecule has 3 heterocycles. The van der Waals surface area contributed by atoms with E-state index in [0.717, 1.165) is 12.3 Å². The van der Waals surface area contributed by atoms with E-state index < -0.39 is 62.8 Å². The van der Waals surface area contributed by atoms with E-state index in [9.17, 15) is 36.8 Å². The number of carbonyl (C=O) groups excluding carboxylic acids is 2. The first-order chi connectivity index (χ1) is 15.0. The minimum atomic E-state index is -4.66. The molecule has 0 aromatic heterocycles. The monoisotopic (exact) mass is 481 g/mol. The van der Waals surface area contributed by atoms with E-state index in [4.69, 9.17) is 18.3 Å². The molecule has 1 saturated heterocycles. The van der Waals surface area contributed by atoms with E-state index >= 15 is 0 Å². The summed E-state index contributed by atoms with van der Waals surface area (Å²) in [6.07, 6.45) is -8.22. The maximum absolute atomic E-state index is 14.9. The highest BCUT2D eigenvalue weighted by atomic mass is 31.2. The molecule has 4 atom stereocenters. The summed E-state index contributed by atoms with van der Waals surface area (Å²) in [5.74, 6) is -6.28. The van der Waals surface area contributed by atoms with Crippen molar-refractivity contribution in [1.82, 2.24) is 4.90 Å². The van der Waals surface area contributed by atoms with Gasteiger partial charge in [-0.1, -0.05) is 18.2 Å². The Hall–Kier alpha value is -2.31. The van der Waals surface area contributed by atoms with Gasteiger partial charge < -0.3 is 14.4 Å². The number of hydrogen-bond donors (Lipinski definition) is 1. The number of rotatable bonds is 5. The van der Waals surface area contributed by atoms with Gasteiger partial charge in [0.2, 0.25) is 11.5 Å². The van der Waals surface area contributed by atoms with Gasteiger partial charge in [-0.05, 0) is 12.1 Å². The summed E-state index contributed by atoms with van der Waals surface area (Å²) in [6.45, 7) is -1.99. The Kier molecular flexibility index (Phi) is 5.66. The molecule has 14 heteroatoms. The zero-order valence-electron chi connectivity index (χ0n) is 16.0. The van der Waals surface area contributed by atoms with Crippen molar-refractivity contribution in [3.63, 3.8) is 0 Å². The second kappa shape index (κ2) is 7.92. The second-order valence-electron chi connectivity index (χ2n) is 7.22. The van der Waals surface area contributed by atoms with Gasteiger partial charge in [-0.25, -0.2) is 13.3 Å². The van der Waals surface area contributed by atoms with Gasteiger partial charge in [0.15, 0.2) is 18.1 Å². The van der Waals surface area contributed by atoms with Gasteiger partial charge in [0, 0.05) is 11.8 Å². The van der Waals surface area contributed by atoms with Gasteiger partial charge in [0.25, 0.3) is 6.43 Å². The molecule has 0 saturated carbocycles. The first kappa shape index (κ1) is 22.9. The Morgan fingerprint density at radius 1 is 1.28 bits per heavy atom. The smallest absolute Gasteiger partial charge is 0.404 e. The van der Waals surface area contributed by atoms with Gasteiger partial charge in [-0.3, -0.25) is 23.5 Å². The van der Waals surface area contributed by atoms with Crippen LogP contribution in [0.2, 0.25) is 0 Å². The molecule has 0 spiro atoms. The van der Waals surface area contributed by atoms with Crippen molar-refractivity contribution in [2.24, 2.45) is 0 Å². The number of aliphatic hydroxyl groups is 1. The van der Waals surface area contributed by atoms with E-state index in [0.29, 0.717) is 10.5 Å². The summed E-state index contributed by atoms with van der Waals surface area (Å²) < 4.78 is 90.0. The Balaban J connectivity index is 1.59. The Bertz CT molecular complexity index is 1020. The maximum Gasteiger partial charge on any atom is 0.530 e. The predicted octanol–water partition coefficient (Wildman–Crippen LogP) is 2.39. The van der Waals surface area contributed by atoms with E-state index in [-0.39, 0.29) is 12.4 Å². The van der Waals surface area contributed by atoms with Crippen molar-refractivity contribution < 1.29 is 55.1 Å². The number of para-hydroxylation sites is 1. The lowest BCUT2D eigenvalue weighted by atomic mass is 9.95. The average Bonchev–Trinajstić information content (AvgIpc) is 2.93. The van der Waals surface area contributed by atoms with Gasteiger partial charge >= 0.3 is 13.7 Å². The van der Waals surface area contributed by atoms with Crippen LogP contribution in [0.5, 0.6) is 5.75 Å². The highest BCUT2D eigenvalue weighted by molar-refractivity contribution is 7.49. The molecule has 1 aromatic rings. The third-order valence-electron chi connectivity index (χ3n) is 5.20. The lowest BCUT2D eigenvalue weighted by molar-refractivity contribution is -0.244. The van der Waals surface area contributed by atoms with Crippen LogP contribution in [0, 0.1) is 0 Å². The van der Waals surface area contributed by atoms with E-state index in [1.54, 1.807) is 12.1 Å². The van der Waals surface area contributed by atoms with Crippen molar-refractivity contribution in [2.75, 3.05) is 6.61 Å². The number of fused-ring (bicyclic) bond motifs is 1. The minimum Gasteiger partial charge on any atom is -0.404 e. The summed E-state index contributed by atoms with van der Waals surface area (Å²) in [6, 6.07) is 6.13. The number of ether oxygens (including phenoxy) is 1. The topological polar surface area (TPSA) is 112 Å². The number of phosphoric acid groups is 1. The molecule has 3 aliphatic heterocycles. The molecule has 1 fully saturated rings. The zero-order chi connectivity index (χ0) is 23.3. The molecule has 1 unspecified atom stereocenters. The molecular weight excluding hydrogens is 465 g/mol. The van der Waals surface area contributed by atoms with Crippen molar-refractivity contribution in [3.05, 3.63) is 42.1 Å². The largest absolute Gasteiger partial charge is 0.530 e. The lowest BCUT2D eigenvalue weighted by Crippen LogP contribution is -2.57. The number of benzene rings is 1. The van der Waals surface area contributed by atoms with Crippen LogP contribution in [0.1, 0.15) is 12.0 Å². The number of aliphatic hydroxyl groups excluding tert-OH is 1. The van der Waals surface area contributed by atoms with E-state index in [2.05, 4.69) is 0 Å². The fourth-order valence-electron chi connectivity index (χ4n) is 3.41. The summed E-state index contributed by atoms with van der Waals surface area (Å²) in [5, 5.41) is 10.1. The molecule has 0 radical (unpaired) electrons. The van der Waals surface area contributed by atoms with Crippen molar-refractivity contribution >= 4 is 19.5 Å². The number of carbonyl (C=O) groups is 2. The van der Waals surface area contributed by atoms with Gasteiger partial charge in [0.05, 0.1) is 13.0 Å². The van der Waals surface area contributed by atoms with Gasteiger partial charge in [-0.2, -0.15) is 8.78 Å². The van der Waals surface area contributed by atoms with Crippen LogP contribution in [0.4, 0.5) is 17.6 Å². The third kappa shape index (κ3) is 3.63. The van der Waals surface area contributed by atoms with Gasteiger partial charge in [-0.15, -0.1) is 0 Å². The molecule has 9 nitrogen and oxygen atoms in total. The molecule has 3 aliphatic rings. The second-order valence-corrected chi connectivity index (χ2v) is 8.81. The molecule has 1 N–H and O–H groups in total. The molecule has 4 rings (SSSR count). The number of allylic oxidation sites excluding steroid dienone is 1. The van der Waals surface area contributed by atoms with E-state index in [1.165, 1.54) is 12.1 Å². The standard InChI is InChI=1S/C18H16F4NO8P/c19-16(20)17(9-29-32(27)28-8-10-3-1-2-4-12(10)31-32)18(21,22)14(26)15(30-17)23-6-5-11(24)7-13(23)25/h1-6,14-16,26H,7-9H2/t14-,15+,17-,32?/m0/s1. The number of nitrogens with zero attached hydrogens (tertiary/aromatic N) is 1. The molecule has 174 valence electrons. The zero-order valence-corrected chi connectivity index (χ0v) is 16.9. The number of hydrogen-bond acceptors (Lipinski definition) is 8. The number of amides is 1. The normalized spacial score (nSPS) is 34.0. The predicted molar refractivity (Wildman–Crippen MR) is 95.6 cm³/mol. The molecular formula is C18H16F4NO8P. The van der Waals surface area contributed by atoms with Gasteiger partial charge in [0.1, 0.15) is 12.4 Å². The average molecular weight is 481 g/mol.